The summed E-state index contributed by atoms with van der Waals surface area (Å²) in [6, 6.07) is 0. The number of ether oxygens (including phenoxy) is 1. The molecule has 0 aromatic rings. The van der Waals surface area contributed by atoms with E-state index in [1.54, 1.807) is 0 Å². The minimum Gasteiger partial charge on any atom is -0.464 e. The quantitative estimate of drug-likeness (QED) is 0.579. The van der Waals surface area contributed by atoms with E-state index in [0.29, 0.717) is 19.6 Å². The van der Waals surface area contributed by atoms with Crippen LogP contribution >= 0.6 is 0 Å². The minimum atomic E-state index is -0.132. The fourth-order valence-electron chi connectivity index (χ4n) is 0.566. The second-order valence-electron chi connectivity index (χ2n) is 2.11. The molecule has 0 unspecified atom stereocenters. The maximum absolute atomic E-state index is 10.7. The van der Waals surface area contributed by atoms with Crippen molar-refractivity contribution in [3.05, 3.63) is 0 Å². The molecule has 0 aromatic carbocycles. The number of hydrogen-bond acceptors (Lipinski definition) is 3. The zero-order valence-electron chi connectivity index (χ0n) is 6.43. The Hall–Kier alpha value is -0.570. The minimum absolute atomic E-state index is 0.132. The standard InChI is InChI=1S/C7H15NO2/c1-2-3-4-7(9)10-6-5-8/h2-6,8H2,1H3. The molecule has 10 heavy (non-hydrogen) atoms. The van der Waals surface area contributed by atoms with E-state index < -0.39 is 0 Å². The summed E-state index contributed by atoms with van der Waals surface area (Å²) < 4.78 is 4.73. The van der Waals surface area contributed by atoms with Crippen molar-refractivity contribution in [3.63, 3.8) is 0 Å². The van der Waals surface area contributed by atoms with E-state index in [2.05, 4.69) is 0 Å². The van der Waals surface area contributed by atoms with Crippen molar-refractivity contribution in [2.45, 2.75) is 26.2 Å². The molecule has 3 heteroatoms. The van der Waals surface area contributed by atoms with Gasteiger partial charge in [-0.1, -0.05) is 13.3 Å². The molecule has 0 heterocycles. The lowest BCUT2D eigenvalue weighted by molar-refractivity contribution is -0.143. The Morgan fingerprint density at radius 3 is 2.80 bits per heavy atom. The second-order valence-corrected chi connectivity index (χ2v) is 2.11. The van der Waals surface area contributed by atoms with Crippen LogP contribution in [0.1, 0.15) is 26.2 Å². The van der Waals surface area contributed by atoms with Crippen LogP contribution in [0.15, 0.2) is 0 Å². The Morgan fingerprint density at radius 2 is 2.30 bits per heavy atom. The van der Waals surface area contributed by atoms with Crippen LogP contribution in [0.2, 0.25) is 0 Å². The molecule has 0 aliphatic rings. The molecule has 0 aromatic heterocycles. The summed E-state index contributed by atoms with van der Waals surface area (Å²) >= 11 is 0. The Kier molecular flexibility index (Phi) is 6.18. The summed E-state index contributed by atoms with van der Waals surface area (Å²) in [4.78, 5) is 10.7. The number of nitrogens with two attached hydrogens (primary N) is 1. The van der Waals surface area contributed by atoms with Crippen LogP contribution in [0.25, 0.3) is 0 Å². The van der Waals surface area contributed by atoms with E-state index in [1.807, 2.05) is 6.92 Å². The molecule has 0 fully saturated rings. The number of unbranched alkanes of at least 4 members (excludes halogenated alkanes) is 1. The van der Waals surface area contributed by atoms with Crippen LogP contribution in [-0.4, -0.2) is 19.1 Å². The van der Waals surface area contributed by atoms with Crippen molar-refractivity contribution in [3.8, 4) is 0 Å². The molecule has 0 atom stereocenters. The summed E-state index contributed by atoms with van der Waals surface area (Å²) in [5.74, 6) is -0.132. The molecule has 0 radical (unpaired) electrons. The molecule has 3 nitrogen and oxygen atoms in total. The van der Waals surface area contributed by atoms with Gasteiger partial charge >= 0.3 is 5.97 Å². The molecule has 0 aliphatic carbocycles. The normalized spacial score (nSPS) is 9.40. The molecule has 0 bridgehead atoms. The number of carbonyl (C=O) groups excluding carboxylic acids is 1. The summed E-state index contributed by atoms with van der Waals surface area (Å²) in [5.41, 5.74) is 5.13. The third-order valence-electron chi connectivity index (χ3n) is 1.12. The van der Waals surface area contributed by atoms with Gasteiger partial charge in [-0.2, -0.15) is 0 Å². The third kappa shape index (κ3) is 5.56. The van der Waals surface area contributed by atoms with Crippen molar-refractivity contribution in [1.82, 2.24) is 0 Å². The highest BCUT2D eigenvalue weighted by molar-refractivity contribution is 5.69. The number of esters is 1. The first-order valence-electron chi connectivity index (χ1n) is 3.67. The molecule has 2 N–H and O–H groups in total. The molecule has 0 saturated heterocycles. The van der Waals surface area contributed by atoms with Gasteiger partial charge in [0.1, 0.15) is 6.61 Å². The fourth-order valence-corrected chi connectivity index (χ4v) is 0.566. The van der Waals surface area contributed by atoms with Crippen LogP contribution < -0.4 is 5.73 Å². The molecular formula is C7H15NO2. The zero-order valence-corrected chi connectivity index (χ0v) is 6.43. The van der Waals surface area contributed by atoms with Gasteiger partial charge in [0.15, 0.2) is 0 Å². The van der Waals surface area contributed by atoms with Crippen molar-refractivity contribution < 1.29 is 9.53 Å². The van der Waals surface area contributed by atoms with Crippen molar-refractivity contribution in [2.24, 2.45) is 5.73 Å². The van der Waals surface area contributed by atoms with Crippen LogP contribution in [0.3, 0.4) is 0 Å². The van der Waals surface area contributed by atoms with E-state index in [1.165, 1.54) is 0 Å². The van der Waals surface area contributed by atoms with Gasteiger partial charge < -0.3 is 10.5 Å². The SMILES string of the molecule is CCCCC(=O)OCCN. The summed E-state index contributed by atoms with van der Waals surface area (Å²) in [7, 11) is 0. The highest BCUT2D eigenvalue weighted by atomic mass is 16.5. The van der Waals surface area contributed by atoms with Gasteiger partial charge in [-0.05, 0) is 6.42 Å². The predicted octanol–water partition coefficient (Wildman–Crippen LogP) is 0.678. The largest absolute Gasteiger partial charge is 0.464 e. The molecule has 0 rings (SSSR count). The average molecular weight is 145 g/mol. The highest BCUT2D eigenvalue weighted by Crippen LogP contribution is 1.95. The van der Waals surface area contributed by atoms with Crippen molar-refractivity contribution in [1.29, 1.82) is 0 Å². The summed E-state index contributed by atoms with van der Waals surface area (Å²) in [6.45, 7) is 2.80. The van der Waals surface area contributed by atoms with Gasteiger partial charge in [0, 0.05) is 13.0 Å². The van der Waals surface area contributed by atoms with Crippen LogP contribution in [-0.2, 0) is 9.53 Å². The smallest absolute Gasteiger partial charge is 0.305 e. The van der Waals surface area contributed by atoms with Gasteiger partial charge in [-0.15, -0.1) is 0 Å². The summed E-state index contributed by atoms with van der Waals surface area (Å²) in [6.07, 6.45) is 2.46. The Bertz CT molecular complexity index is 83.6. The summed E-state index contributed by atoms with van der Waals surface area (Å²) in [5, 5.41) is 0. The molecule has 60 valence electrons. The first-order chi connectivity index (χ1) is 4.81. The predicted molar refractivity (Wildman–Crippen MR) is 39.5 cm³/mol. The molecular weight excluding hydrogens is 130 g/mol. The number of hydrogen-bond donors (Lipinski definition) is 1. The van der Waals surface area contributed by atoms with Crippen molar-refractivity contribution in [2.75, 3.05) is 13.2 Å². The number of rotatable bonds is 5. The topological polar surface area (TPSA) is 52.3 Å². The van der Waals surface area contributed by atoms with Gasteiger partial charge in [-0.25, -0.2) is 0 Å². The fraction of sp³-hybridized carbons (Fsp3) is 0.857. The second kappa shape index (κ2) is 6.55. The van der Waals surface area contributed by atoms with E-state index >= 15 is 0 Å². The lowest BCUT2D eigenvalue weighted by Gasteiger charge is -2.00. The van der Waals surface area contributed by atoms with E-state index in [4.69, 9.17) is 10.5 Å². The maximum atomic E-state index is 10.7. The molecule has 0 saturated carbocycles. The third-order valence-corrected chi connectivity index (χ3v) is 1.12. The maximum Gasteiger partial charge on any atom is 0.305 e. The Labute approximate surface area is 61.5 Å². The zero-order chi connectivity index (χ0) is 7.82. The Morgan fingerprint density at radius 1 is 1.60 bits per heavy atom. The molecule has 0 amide bonds. The Balaban J connectivity index is 3.09. The van der Waals surface area contributed by atoms with Gasteiger partial charge in [-0.3, -0.25) is 4.79 Å². The first kappa shape index (κ1) is 9.43. The van der Waals surface area contributed by atoms with E-state index in [-0.39, 0.29) is 5.97 Å². The van der Waals surface area contributed by atoms with Gasteiger partial charge in [0.2, 0.25) is 0 Å². The van der Waals surface area contributed by atoms with E-state index in [9.17, 15) is 4.79 Å². The van der Waals surface area contributed by atoms with E-state index in [0.717, 1.165) is 12.8 Å². The first-order valence-corrected chi connectivity index (χ1v) is 3.67. The highest BCUT2D eigenvalue weighted by Gasteiger charge is 1.98. The van der Waals surface area contributed by atoms with Crippen LogP contribution in [0, 0.1) is 0 Å². The molecule has 0 aliphatic heterocycles. The van der Waals surface area contributed by atoms with Gasteiger partial charge in [0.25, 0.3) is 0 Å². The average Bonchev–Trinajstić information content (AvgIpc) is 1.97. The van der Waals surface area contributed by atoms with Crippen LogP contribution in [0.4, 0.5) is 0 Å². The number of carbonyl (C=O) groups is 1. The lowest BCUT2D eigenvalue weighted by atomic mass is 10.2. The van der Waals surface area contributed by atoms with Gasteiger partial charge in [0.05, 0.1) is 0 Å². The van der Waals surface area contributed by atoms with Crippen LogP contribution in [0.5, 0.6) is 0 Å². The lowest BCUT2D eigenvalue weighted by Crippen LogP contribution is -2.13. The van der Waals surface area contributed by atoms with Crippen molar-refractivity contribution >= 4 is 5.97 Å². The molecule has 0 spiro atoms. The monoisotopic (exact) mass is 145 g/mol.